The van der Waals surface area contributed by atoms with E-state index in [1.807, 2.05) is 19.1 Å². The standard InChI is InChI=1S/C17H28O4/c1-3-5-7-9-11-15-21-17(19)13-12-16(18)20-14-10-8-6-4-2/h6,8,12-13H,3-5,7,9-11,14-15H2,1-2H3/b8-6+,13-12+. The second-order valence-electron chi connectivity index (χ2n) is 4.75. The average molecular weight is 296 g/mol. The Morgan fingerprint density at radius 3 is 2.05 bits per heavy atom. The third kappa shape index (κ3) is 14.6. The Morgan fingerprint density at radius 1 is 0.810 bits per heavy atom. The Labute approximate surface area is 128 Å². The third-order valence-corrected chi connectivity index (χ3v) is 2.78. The highest BCUT2D eigenvalue weighted by molar-refractivity contribution is 5.91. The first-order valence-corrected chi connectivity index (χ1v) is 7.87. The summed E-state index contributed by atoms with van der Waals surface area (Å²) in [6.07, 6.45) is 13.4. The predicted molar refractivity (Wildman–Crippen MR) is 83.9 cm³/mol. The summed E-state index contributed by atoms with van der Waals surface area (Å²) in [4.78, 5) is 22.6. The molecule has 0 aromatic carbocycles. The van der Waals surface area contributed by atoms with Crippen LogP contribution < -0.4 is 0 Å². The Balaban J connectivity index is 3.59. The fraction of sp³-hybridized carbons (Fsp3) is 0.647. The molecule has 0 radical (unpaired) electrons. The minimum atomic E-state index is -0.514. The van der Waals surface area contributed by atoms with Gasteiger partial charge in [0.05, 0.1) is 13.2 Å². The van der Waals surface area contributed by atoms with Crippen molar-refractivity contribution in [2.45, 2.75) is 58.8 Å². The van der Waals surface area contributed by atoms with Gasteiger partial charge >= 0.3 is 11.9 Å². The molecule has 120 valence electrons. The van der Waals surface area contributed by atoms with E-state index < -0.39 is 11.9 Å². The summed E-state index contributed by atoms with van der Waals surface area (Å²) < 4.78 is 9.91. The number of carbonyl (C=O) groups is 2. The molecule has 0 bridgehead atoms. The van der Waals surface area contributed by atoms with E-state index in [9.17, 15) is 9.59 Å². The van der Waals surface area contributed by atoms with Crippen molar-refractivity contribution in [3.63, 3.8) is 0 Å². The Kier molecular flexibility index (Phi) is 13.7. The smallest absolute Gasteiger partial charge is 0.331 e. The fourth-order valence-corrected chi connectivity index (χ4v) is 1.62. The lowest BCUT2D eigenvalue weighted by Crippen LogP contribution is -2.05. The number of rotatable bonds is 12. The monoisotopic (exact) mass is 296 g/mol. The van der Waals surface area contributed by atoms with Gasteiger partial charge in [0.25, 0.3) is 0 Å². The van der Waals surface area contributed by atoms with Crippen LogP contribution in [0.4, 0.5) is 0 Å². The molecule has 0 aliphatic rings. The molecule has 0 aromatic rings. The summed E-state index contributed by atoms with van der Waals surface area (Å²) in [7, 11) is 0. The number of unbranched alkanes of at least 4 members (excludes halogenated alkanes) is 4. The summed E-state index contributed by atoms with van der Waals surface area (Å²) in [6.45, 7) is 4.93. The molecular weight excluding hydrogens is 268 g/mol. The number of carbonyl (C=O) groups excluding carboxylic acids is 2. The minimum absolute atomic E-state index is 0.326. The normalized spacial score (nSPS) is 11.1. The maximum absolute atomic E-state index is 11.3. The van der Waals surface area contributed by atoms with Gasteiger partial charge in [0, 0.05) is 12.2 Å². The van der Waals surface area contributed by atoms with Crippen molar-refractivity contribution in [2.24, 2.45) is 0 Å². The number of hydrogen-bond acceptors (Lipinski definition) is 4. The minimum Gasteiger partial charge on any atom is -0.463 e. The molecular formula is C17H28O4. The Bertz CT molecular complexity index is 332. The lowest BCUT2D eigenvalue weighted by molar-refractivity contribution is -0.140. The van der Waals surface area contributed by atoms with Crippen molar-refractivity contribution >= 4 is 11.9 Å². The van der Waals surface area contributed by atoms with Crippen LogP contribution in [0, 0.1) is 0 Å². The highest BCUT2D eigenvalue weighted by Gasteiger charge is 2.00. The van der Waals surface area contributed by atoms with Gasteiger partial charge in [-0.1, -0.05) is 51.7 Å². The SMILES string of the molecule is CC/C=C/CCOC(=O)/C=C/C(=O)OCCCCCCC. The van der Waals surface area contributed by atoms with Gasteiger partial charge in [-0.2, -0.15) is 0 Å². The van der Waals surface area contributed by atoms with Gasteiger partial charge in [-0.05, 0) is 19.3 Å². The van der Waals surface area contributed by atoms with E-state index in [1.165, 1.54) is 19.3 Å². The number of allylic oxidation sites excluding steroid dienone is 1. The molecule has 0 rings (SSSR count). The lowest BCUT2D eigenvalue weighted by Gasteiger charge is -2.02. The van der Waals surface area contributed by atoms with Crippen LogP contribution in [0.3, 0.4) is 0 Å². The van der Waals surface area contributed by atoms with Gasteiger partial charge < -0.3 is 9.47 Å². The number of hydrogen-bond donors (Lipinski definition) is 0. The molecule has 21 heavy (non-hydrogen) atoms. The molecule has 0 heterocycles. The van der Waals surface area contributed by atoms with Crippen LogP contribution >= 0.6 is 0 Å². The van der Waals surface area contributed by atoms with Gasteiger partial charge in [-0.25, -0.2) is 9.59 Å². The van der Waals surface area contributed by atoms with E-state index in [4.69, 9.17) is 9.47 Å². The van der Waals surface area contributed by atoms with Crippen molar-refractivity contribution in [3.05, 3.63) is 24.3 Å². The zero-order chi connectivity index (χ0) is 15.8. The van der Waals surface area contributed by atoms with Crippen molar-refractivity contribution in [1.82, 2.24) is 0 Å². The summed E-state index contributed by atoms with van der Waals surface area (Å²) in [5.41, 5.74) is 0. The molecule has 0 aliphatic heterocycles. The molecule has 0 spiro atoms. The van der Waals surface area contributed by atoms with Crippen LogP contribution in [0.15, 0.2) is 24.3 Å². The Hall–Kier alpha value is -1.58. The van der Waals surface area contributed by atoms with Crippen molar-refractivity contribution in [3.8, 4) is 0 Å². The highest BCUT2D eigenvalue weighted by Crippen LogP contribution is 2.02. The largest absolute Gasteiger partial charge is 0.463 e. The van der Waals surface area contributed by atoms with Crippen LogP contribution in [0.1, 0.15) is 58.8 Å². The zero-order valence-corrected chi connectivity index (χ0v) is 13.3. The quantitative estimate of drug-likeness (QED) is 0.237. The Morgan fingerprint density at radius 2 is 1.43 bits per heavy atom. The molecule has 0 fully saturated rings. The van der Waals surface area contributed by atoms with E-state index in [2.05, 4.69) is 6.92 Å². The van der Waals surface area contributed by atoms with Crippen molar-refractivity contribution in [1.29, 1.82) is 0 Å². The predicted octanol–water partition coefficient (Wildman–Crippen LogP) is 3.96. The van der Waals surface area contributed by atoms with Gasteiger partial charge in [-0.3, -0.25) is 0 Å². The summed E-state index contributed by atoms with van der Waals surface area (Å²) in [5.74, 6) is -1.01. The maximum Gasteiger partial charge on any atom is 0.331 e. The van der Waals surface area contributed by atoms with Gasteiger partial charge in [0.2, 0.25) is 0 Å². The molecule has 0 aromatic heterocycles. The van der Waals surface area contributed by atoms with Gasteiger partial charge in [-0.15, -0.1) is 0 Å². The van der Waals surface area contributed by atoms with Crippen LogP contribution in [-0.2, 0) is 19.1 Å². The molecule has 0 amide bonds. The van der Waals surface area contributed by atoms with Crippen LogP contribution in [-0.4, -0.2) is 25.2 Å². The fourth-order valence-electron chi connectivity index (χ4n) is 1.62. The summed E-state index contributed by atoms with van der Waals surface area (Å²) in [5, 5.41) is 0. The summed E-state index contributed by atoms with van der Waals surface area (Å²) in [6, 6.07) is 0. The zero-order valence-electron chi connectivity index (χ0n) is 13.3. The highest BCUT2D eigenvalue weighted by atomic mass is 16.5. The molecule has 0 aliphatic carbocycles. The maximum atomic E-state index is 11.3. The van der Waals surface area contributed by atoms with Crippen LogP contribution in [0.25, 0.3) is 0 Å². The number of ether oxygens (including phenoxy) is 2. The first-order chi connectivity index (χ1) is 10.2. The van der Waals surface area contributed by atoms with E-state index in [1.54, 1.807) is 0 Å². The summed E-state index contributed by atoms with van der Waals surface area (Å²) >= 11 is 0. The lowest BCUT2D eigenvalue weighted by atomic mass is 10.2. The molecule has 0 unspecified atom stereocenters. The van der Waals surface area contributed by atoms with Gasteiger partial charge in [0.1, 0.15) is 0 Å². The van der Waals surface area contributed by atoms with E-state index in [0.717, 1.165) is 31.4 Å². The van der Waals surface area contributed by atoms with E-state index >= 15 is 0 Å². The van der Waals surface area contributed by atoms with E-state index in [0.29, 0.717) is 19.6 Å². The first kappa shape index (κ1) is 19.4. The van der Waals surface area contributed by atoms with Crippen LogP contribution in [0.2, 0.25) is 0 Å². The topological polar surface area (TPSA) is 52.6 Å². The molecule has 0 saturated heterocycles. The van der Waals surface area contributed by atoms with Crippen molar-refractivity contribution in [2.75, 3.05) is 13.2 Å². The van der Waals surface area contributed by atoms with Gasteiger partial charge in [0.15, 0.2) is 0 Å². The molecule has 4 nitrogen and oxygen atoms in total. The number of esters is 2. The second-order valence-corrected chi connectivity index (χ2v) is 4.75. The first-order valence-electron chi connectivity index (χ1n) is 7.87. The molecule has 0 N–H and O–H groups in total. The van der Waals surface area contributed by atoms with E-state index in [-0.39, 0.29) is 0 Å². The second kappa shape index (κ2) is 14.8. The van der Waals surface area contributed by atoms with Crippen molar-refractivity contribution < 1.29 is 19.1 Å². The molecule has 4 heteroatoms. The average Bonchev–Trinajstić information content (AvgIpc) is 2.48. The van der Waals surface area contributed by atoms with Crippen LogP contribution in [0.5, 0.6) is 0 Å². The molecule has 0 saturated carbocycles. The third-order valence-electron chi connectivity index (χ3n) is 2.78. The molecule has 0 atom stereocenters.